The Hall–Kier alpha value is -1.66. The van der Waals surface area contributed by atoms with Gasteiger partial charge in [-0.25, -0.2) is 4.98 Å². The molecular formula is C18H19FN2OS2. The number of hydrogen-bond acceptors (Lipinski definition) is 4. The van der Waals surface area contributed by atoms with Crippen LogP contribution in [0.1, 0.15) is 26.3 Å². The second-order valence-corrected chi connectivity index (χ2v) is 8.51. The second-order valence-electron chi connectivity index (χ2n) is 6.57. The van der Waals surface area contributed by atoms with E-state index < -0.39 is 6.67 Å². The normalized spacial score (nSPS) is 12.0. The third kappa shape index (κ3) is 3.39. The van der Waals surface area contributed by atoms with E-state index in [0.717, 1.165) is 11.1 Å². The number of aromatic nitrogens is 2. The van der Waals surface area contributed by atoms with E-state index >= 15 is 0 Å². The Morgan fingerprint density at radius 3 is 2.58 bits per heavy atom. The van der Waals surface area contributed by atoms with Crippen molar-refractivity contribution in [2.45, 2.75) is 31.3 Å². The van der Waals surface area contributed by atoms with Crippen LogP contribution in [0.5, 0.6) is 0 Å². The molecule has 6 heteroatoms. The maximum absolute atomic E-state index is 12.4. The lowest BCUT2D eigenvalue weighted by atomic mass is 9.86. The molecule has 2 aromatic heterocycles. The Morgan fingerprint density at radius 1 is 1.25 bits per heavy atom. The molecule has 0 saturated heterocycles. The first kappa shape index (κ1) is 17.2. The molecule has 0 amide bonds. The summed E-state index contributed by atoms with van der Waals surface area (Å²) >= 11 is 2.67. The number of thiophene rings is 1. The monoisotopic (exact) mass is 362 g/mol. The average molecular weight is 362 g/mol. The van der Waals surface area contributed by atoms with Gasteiger partial charge in [0, 0.05) is 16.7 Å². The highest BCUT2D eigenvalue weighted by molar-refractivity contribution is 7.99. The fourth-order valence-electron chi connectivity index (χ4n) is 2.50. The molecule has 0 unspecified atom stereocenters. The average Bonchev–Trinajstić information content (AvgIpc) is 2.96. The zero-order valence-electron chi connectivity index (χ0n) is 13.9. The third-order valence-corrected chi connectivity index (χ3v) is 5.50. The van der Waals surface area contributed by atoms with Gasteiger partial charge in [0.05, 0.1) is 12.1 Å². The van der Waals surface area contributed by atoms with E-state index in [1.807, 2.05) is 17.5 Å². The van der Waals surface area contributed by atoms with Crippen LogP contribution in [0.4, 0.5) is 4.39 Å². The quantitative estimate of drug-likeness (QED) is 0.524. The SMILES string of the molecule is CC(C)(C)c1ccc(-c2csc3nc(SCCF)[nH]c(=O)c23)cc1. The molecule has 3 aromatic rings. The van der Waals surface area contributed by atoms with Crippen LogP contribution in [-0.2, 0) is 5.41 Å². The van der Waals surface area contributed by atoms with Gasteiger partial charge < -0.3 is 4.98 Å². The number of rotatable bonds is 4. The summed E-state index contributed by atoms with van der Waals surface area (Å²) < 4.78 is 12.3. The van der Waals surface area contributed by atoms with Crippen LogP contribution in [0, 0.1) is 0 Å². The van der Waals surface area contributed by atoms with E-state index in [-0.39, 0.29) is 11.0 Å². The number of benzene rings is 1. The van der Waals surface area contributed by atoms with Gasteiger partial charge in [0.1, 0.15) is 4.83 Å². The molecule has 0 saturated carbocycles. The third-order valence-electron chi connectivity index (χ3n) is 3.80. The predicted octanol–water partition coefficient (Wildman–Crippen LogP) is 5.01. The van der Waals surface area contributed by atoms with Gasteiger partial charge >= 0.3 is 0 Å². The number of thioether (sulfide) groups is 1. The highest BCUT2D eigenvalue weighted by Gasteiger charge is 2.16. The number of nitrogens with one attached hydrogen (secondary N) is 1. The van der Waals surface area contributed by atoms with Crippen molar-refractivity contribution in [2.75, 3.05) is 12.4 Å². The number of halogens is 1. The van der Waals surface area contributed by atoms with Gasteiger partial charge in [-0.05, 0) is 16.5 Å². The molecule has 0 aliphatic rings. The van der Waals surface area contributed by atoms with E-state index in [4.69, 9.17) is 0 Å². The van der Waals surface area contributed by atoms with Crippen LogP contribution >= 0.6 is 23.1 Å². The van der Waals surface area contributed by atoms with Crippen molar-refractivity contribution in [2.24, 2.45) is 0 Å². The summed E-state index contributed by atoms with van der Waals surface area (Å²) in [7, 11) is 0. The van der Waals surface area contributed by atoms with Crippen LogP contribution in [0.2, 0.25) is 0 Å². The largest absolute Gasteiger partial charge is 0.301 e. The van der Waals surface area contributed by atoms with Crippen molar-refractivity contribution in [3.8, 4) is 11.1 Å². The number of fused-ring (bicyclic) bond motifs is 1. The number of H-pyrrole nitrogens is 1. The predicted molar refractivity (Wildman–Crippen MR) is 101 cm³/mol. The van der Waals surface area contributed by atoms with Crippen molar-refractivity contribution < 1.29 is 4.39 Å². The molecule has 0 aliphatic heterocycles. The van der Waals surface area contributed by atoms with Crippen molar-refractivity contribution >= 4 is 33.3 Å². The summed E-state index contributed by atoms with van der Waals surface area (Å²) in [4.78, 5) is 20.3. The summed E-state index contributed by atoms with van der Waals surface area (Å²) in [5, 5.41) is 3.04. The van der Waals surface area contributed by atoms with Gasteiger partial charge in [0.2, 0.25) is 0 Å². The summed E-state index contributed by atoms with van der Waals surface area (Å²) in [5.74, 6) is 0.293. The Bertz CT molecular complexity index is 907. The lowest BCUT2D eigenvalue weighted by molar-refractivity contribution is 0.532. The van der Waals surface area contributed by atoms with Gasteiger partial charge in [-0.15, -0.1) is 11.3 Å². The summed E-state index contributed by atoms with van der Waals surface area (Å²) in [6.45, 7) is 6.08. The summed E-state index contributed by atoms with van der Waals surface area (Å²) in [6, 6.07) is 8.30. The minimum atomic E-state index is -0.442. The van der Waals surface area contributed by atoms with Crippen LogP contribution < -0.4 is 5.56 Å². The molecule has 2 heterocycles. The maximum atomic E-state index is 12.4. The molecule has 1 aromatic carbocycles. The molecule has 0 fully saturated rings. The number of alkyl halides is 1. The lowest BCUT2D eigenvalue weighted by Gasteiger charge is -2.19. The van der Waals surface area contributed by atoms with Gasteiger partial charge in [0.15, 0.2) is 5.16 Å². The van der Waals surface area contributed by atoms with E-state index in [1.54, 1.807) is 0 Å². The molecular weight excluding hydrogens is 343 g/mol. The standard InChI is InChI=1S/C18H19FN2OS2/c1-18(2,3)12-6-4-11(5-7-12)13-10-24-16-14(13)15(22)20-17(21-16)23-9-8-19/h4-7,10H,8-9H2,1-3H3,(H,20,21,22). The Balaban J connectivity index is 2.03. The van der Waals surface area contributed by atoms with E-state index in [2.05, 4.69) is 42.9 Å². The Morgan fingerprint density at radius 2 is 1.96 bits per heavy atom. The molecule has 1 N–H and O–H groups in total. The van der Waals surface area contributed by atoms with Crippen LogP contribution in [0.15, 0.2) is 39.6 Å². The van der Waals surface area contributed by atoms with Crippen LogP contribution in [0.25, 0.3) is 21.3 Å². The van der Waals surface area contributed by atoms with Gasteiger partial charge in [-0.2, -0.15) is 0 Å². The molecule has 24 heavy (non-hydrogen) atoms. The van der Waals surface area contributed by atoms with Crippen molar-refractivity contribution in [1.82, 2.24) is 9.97 Å². The molecule has 0 aliphatic carbocycles. The Labute approximate surface area is 148 Å². The molecule has 0 atom stereocenters. The molecule has 0 spiro atoms. The lowest BCUT2D eigenvalue weighted by Crippen LogP contribution is -2.10. The number of nitrogens with zero attached hydrogens (tertiary/aromatic N) is 1. The van der Waals surface area contributed by atoms with E-state index in [9.17, 15) is 9.18 Å². The maximum Gasteiger partial charge on any atom is 0.260 e. The topological polar surface area (TPSA) is 45.8 Å². The highest BCUT2D eigenvalue weighted by Crippen LogP contribution is 2.33. The first-order valence-corrected chi connectivity index (χ1v) is 9.58. The second kappa shape index (κ2) is 6.69. The van der Waals surface area contributed by atoms with Crippen molar-refractivity contribution in [1.29, 1.82) is 0 Å². The van der Waals surface area contributed by atoms with Gasteiger partial charge in [-0.1, -0.05) is 56.8 Å². The number of hydrogen-bond donors (Lipinski definition) is 1. The summed E-state index contributed by atoms with van der Waals surface area (Å²) in [6.07, 6.45) is 0. The minimum Gasteiger partial charge on any atom is -0.301 e. The molecule has 3 rings (SSSR count). The molecule has 126 valence electrons. The zero-order valence-corrected chi connectivity index (χ0v) is 15.5. The molecule has 3 nitrogen and oxygen atoms in total. The van der Waals surface area contributed by atoms with E-state index in [0.29, 0.717) is 21.1 Å². The summed E-state index contributed by atoms with van der Waals surface area (Å²) in [5.41, 5.74) is 3.08. The van der Waals surface area contributed by atoms with E-state index in [1.165, 1.54) is 28.7 Å². The van der Waals surface area contributed by atoms with Crippen LogP contribution in [-0.4, -0.2) is 22.4 Å². The van der Waals surface area contributed by atoms with Gasteiger partial charge in [0.25, 0.3) is 5.56 Å². The van der Waals surface area contributed by atoms with Crippen molar-refractivity contribution in [3.05, 3.63) is 45.6 Å². The first-order chi connectivity index (χ1) is 11.4. The first-order valence-electron chi connectivity index (χ1n) is 7.71. The van der Waals surface area contributed by atoms with Gasteiger partial charge in [-0.3, -0.25) is 9.18 Å². The van der Waals surface area contributed by atoms with Crippen molar-refractivity contribution in [3.63, 3.8) is 0 Å². The smallest absolute Gasteiger partial charge is 0.260 e. The fraction of sp³-hybridized carbons (Fsp3) is 0.333. The molecule has 0 bridgehead atoms. The fourth-order valence-corrected chi connectivity index (χ4v) is 4.09. The minimum absolute atomic E-state index is 0.0941. The highest BCUT2D eigenvalue weighted by atomic mass is 32.2. The molecule has 0 radical (unpaired) electrons. The zero-order chi connectivity index (χ0) is 17.3. The van der Waals surface area contributed by atoms with Crippen LogP contribution in [0.3, 0.4) is 0 Å². The Kier molecular flexibility index (Phi) is 4.78. The number of aromatic amines is 1.